The van der Waals surface area contributed by atoms with E-state index < -0.39 is 5.97 Å². The Hall–Kier alpha value is -4.50. The number of ether oxygens (including phenoxy) is 1. The normalized spacial score (nSPS) is 27.7. The molecule has 0 amide bonds. The molecule has 2 unspecified atom stereocenters. The maximum absolute atomic E-state index is 13.0. The van der Waals surface area contributed by atoms with E-state index >= 15 is 0 Å². The number of carboxylic acid groups (broad SMARTS) is 1. The summed E-state index contributed by atoms with van der Waals surface area (Å²) in [4.78, 5) is 27.1. The van der Waals surface area contributed by atoms with Crippen LogP contribution in [0.25, 0.3) is 21.3 Å². The summed E-state index contributed by atoms with van der Waals surface area (Å²) >= 11 is 1.59. The number of fused-ring (bicyclic) bond motifs is 2. The van der Waals surface area contributed by atoms with Gasteiger partial charge in [-0.05, 0) is 118 Å². The first-order valence-corrected chi connectivity index (χ1v) is 22.2. The quantitative estimate of drug-likeness (QED) is 0.119. The number of aromatic carboxylic acids is 1. The molecule has 59 heavy (non-hydrogen) atoms. The molecule has 11 rings (SSSR count). The molecule has 4 bridgehead atoms. The lowest BCUT2D eigenvalue weighted by Gasteiger charge is -2.69. The van der Waals surface area contributed by atoms with Crippen LogP contribution in [0.15, 0.2) is 36.5 Å². The Morgan fingerprint density at radius 2 is 1.75 bits per heavy atom. The summed E-state index contributed by atoms with van der Waals surface area (Å²) in [6, 6.07) is 10.1. The number of thiazole rings is 1. The molecule has 1 saturated heterocycles. The van der Waals surface area contributed by atoms with Gasteiger partial charge in [-0.3, -0.25) is 9.58 Å². The van der Waals surface area contributed by atoms with Crippen molar-refractivity contribution in [1.82, 2.24) is 40.2 Å². The number of carboxylic acids is 1. The summed E-state index contributed by atoms with van der Waals surface area (Å²) in [6.45, 7) is 18.7. The van der Waals surface area contributed by atoms with Gasteiger partial charge in [0.1, 0.15) is 5.82 Å². The van der Waals surface area contributed by atoms with Crippen LogP contribution in [0.4, 0.5) is 22.6 Å². The van der Waals surface area contributed by atoms with Crippen LogP contribution in [-0.4, -0.2) is 97.4 Å². The number of hydrogen-bond donors (Lipinski definition) is 3. The van der Waals surface area contributed by atoms with Crippen molar-refractivity contribution in [3.05, 3.63) is 64.6 Å². The molecule has 13 nitrogen and oxygen atoms in total. The third kappa shape index (κ3) is 7.09. The van der Waals surface area contributed by atoms with Crippen molar-refractivity contribution in [1.29, 1.82) is 0 Å². The first-order chi connectivity index (χ1) is 28.3. The van der Waals surface area contributed by atoms with Crippen molar-refractivity contribution in [3.8, 4) is 11.1 Å². The highest BCUT2D eigenvalue weighted by Crippen LogP contribution is 2.72. The van der Waals surface area contributed by atoms with Gasteiger partial charge in [0.2, 0.25) is 0 Å². The van der Waals surface area contributed by atoms with Crippen LogP contribution in [0.1, 0.15) is 91.7 Å². The fourth-order valence-corrected chi connectivity index (χ4v) is 13.6. The Morgan fingerprint density at radius 3 is 2.53 bits per heavy atom. The second-order valence-corrected chi connectivity index (χ2v) is 20.4. The smallest absolute Gasteiger partial charge is 0.355 e. The summed E-state index contributed by atoms with van der Waals surface area (Å²) in [5.41, 5.74) is 7.02. The standard InChI is InChI=1S/C45H56N10O3S/c1-28-8-10-35-34(19-28)48-41(59-35)50-38-29(2)31-7-6-14-54(39(31)52-51-38)36-11-9-32(37(49-36)40(56)57)33-20-47-55(30(33)3)27-44-22-42(4)21-43(5,23-44)25-45(24-42,26-44)58-18-17-53-15-12-46-13-16-53/h8-11,19-20,46H,6-7,12-18,21-27H2,1-5H3,(H,56,57)(H,48,50,51). The molecule has 1 aromatic carbocycles. The van der Waals surface area contributed by atoms with E-state index in [1.165, 1.54) is 24.8 Å². The van der Waals surface area contributed by atoms with Gasteiger partial charge in [-0.2, -0.15) is 5.10 Å². The van der Waals surface area contributed by atoms with Gasteiger partial charge in [0.05, 0.1) is 28.6 Å². The number of piperazine rings is 1. The van der Waals surface area contributed by atoms with E-state index in [1.54, 1.807) is 11.3 Å². The molecule has 0 spiro atoms. The van der Waals surface area contributed by atoms with Gasteiger partial charge in [0.25, 0.3) is 0 Å². The van der Waals surface area contributed by atoms with Crippen LogP contribution in [0.2, 0.25) is 0 Å². The molecular formula is C45H56N10O3S. The van der Waals surface area contributed by atoms with Crippen molar-refractivity contribution in [2.75, 3.05) is 56.1 Å². The predicted octanol–water partition coefficient (Wildman–Crippen LogP) is 7.84. The number of benzene rings is 1. The van der Waals surface area contributed by atoms with E-state index in [1.807, 2.05) is 23.2 Å². The van der Waals surface area contributed by atoms with Crippen molar-refractivity contribution in [2.45, 2.75) is 98.1 Å². The van der Waals surface area contributed by atoms with E-state index in [0.29, 0.717) is 29.6 Å². The van der Waals surface area contributed by atoms with Crippen molar-refractivity contribution < 1.29 is 14.6 Å². The zero-order valence-electron chi connectivity index (χ0n) is 35.0. The number of aryl methyl sites for hydroxylation is 1. The Bertz CT molecular complexity index is 2440. The first-order valence-electron chi connectivity index (χ1n) is 21.4. The molecule has 6 heterocycles. The fraction of sp³-hybridized carbons (Fsp3) is 0.556. The lowest BCUT2D eigenvalue weighted by atomic mass is 9.39. The lowest BCUT2D eigenvalue weighted by molar-refractivity contribution is -0.249. The molecule has 2 atom stereocenters. The predicted molar refractivity (Wildman–Crippen MR) is 231 cm³/mol. The minimum Gasteiger partial charge on any atom is -0.476 e. The topological polar surface area (TPSA) is 146 Å². The van der Waals surface area contributed by atoms with Crippen LogP contribution in [-0.2, 0) is 17.7 Å². The van der Waals surface area contributed by atoms with Crippen molar-refractivity contribution in [2.24, 2.45) is 16.2 Å². The summed E-state index contributed by atoms with van der Waals surface area (Å²) in [7, 11) is 0. The summed E-state index contributed by atoms with van der Waals surface area (Å²) in [5.74, 6) is 0.864. The molecule has 310 valence electrons. The van der Waals surface area contributed by atoms with Gasteiger partial charge < -0.3 is 25.4 Å². The Morgan fingerprint density at radius 1 is 0.949 bits per heavy atom. The average Bonchev–Trinajstić information content (AvgIpc) is 3.75. The molecule has 5 aromatic rings. The maximum atomic E-state index is 13.0. The Balaban J connectivity index is 0.896. The zero-order valence-corrected chi connectivity index (χ0v) is 35.8. The first kappa shape index (κ1) is 38.7. The molecular weight excluding hydrogens is 761 g/mol. The summed E-state index contributed by atoms with van der Waals surface area (Å²) < 4.78 is 10.3. The van der Waals surface area contributed by atoms with E-state index in [2.05, 4.69) is 78.1 Å². The van der Waals surface area contributed by atoms with Crippen LogP contribution in [0.5, 0.6) is 0 Å². The zero-order chi connectivity index (χ0) is 40.7. The van der Waals surface area contributed by atoms with Gasteiger partial charge >= 0.3 is 5.97 Å². The van der Waals surface area contributed by atoms with E-state index in [0.717, 1.165) is 116 Å². The number of pyridine rings is 1. The second kappa shape index (κ2) is 14.3. The highest BCUT2D eigenvalue weighted by molar-refractivity contribution is 7.22. The largest absolute Gasteiger partial charge is 0.476 e. The van der Waals surface area contributed by atoms with E-state index in [-0.39, 0.29) is 27.5 Å². The van der Waals surface area contributed by atoms with Gasteiger partial charge in [-0.15, -0.1) is 10.2 Å². The van der Waals surface area contributed by atoms with Crippen molar-refractivity contribution in [3.63, 3.8) is 0 Å². The van der Waals surface area contributed by atoms with E-state index in [4.69, 9.17) is 24.9 Å². The molecule has 5 fully saturated rings. The van der Waals surface area contributed by atoms with Gasteiger partial charge in [0, 0.05) is 73.8 Å². The minimum atomic E-state index is -1.07. The van der Waals surface area contributed by atoms with Crippen LogP contribution in [0, 0.1) is 37.0 Å². The number of nitrogens with zero attached hydrogens (tertiary/aromatic N) is 8. The average molecular weight is 817 g/mol. The van der Waals surface area contributed by atoms with Crippen LogP contribution >= 0.6 is 11.3 Å². The highest BCUT2D eigenvalue weighted by Gasteiger charge is 2.66. The second-order valence-electron chi connectivity index (χ2n) is 19.3. The third-order valence-electron chi connectivity index (χ3n) is 14.1. The molecule has 4 aromatic heterocycles. The summed E-state index contributed by atoms with van der Waals surface area (Å²) in [6.07, 6.45) is 10.5. The molecule has 6 aliphatic rings. The maximum Gasteiger partial charge on any atom is 0.355 e. The monoisotopic (exact) mass is 816 g/mol. The molecule has 2 aliphatic heterocycles. The van der Waals surface area contributed by atoms with Gasteiger partial charge in [0.15, 0.2) is 22.5 Å². The minimum absolute atomic E-state index is 0.0120. The number of carbonyl (C=O) groups is 1. The number of rotatable bonds is 11. The number of hydrogen-bond acceptors (Lipinski definition) is 12. The van der Waals surface area contributed by atoms with Gasteiger partial charge in [-0.1, -0.05) is 31.3 Å². The molecule has 14 heteroatoms. The number of anilines is 4. The molecule has 0 radical (unpaired) electrons. The molecule has 4 aliphatic carbocycles. The van der Waals surface area contributed by atoms with Crippen LogP contribution in [0.3, 0.4) is 0 Å². The molecule has 3 N–H and O–H groups in total. The SMILES string of the molecule is Cc1ccc2sc(Nc3nnc4c(c3C)CCCN4c3ccc(-c4cnn(CC56CC7(C)CC(C)(C5)CC(OCCN5CCNCC5)(C7)C6)c4C)c(C(=O)O)n3)nc2c1. The third-order valence-corrected chi connectivity index (χ3v) is 15.0. The van der Waals surface area contributed by atoms with Crippen LogP contribution < -0.4 is 15.5 Å². The Kier molecular flexibility index (Phi) is 9.39. The number of aromatic nitrogens is 6. The number of nitrogens with one attached hydrogen (secondary N) is 2. The van der Waals surface area contributed by atoms with Crippen molar-refractivity contribution >= 4 is 50.1 Å². The summed E-state index contributed by atoms with van der Waals surface area (Å²) in [5, 5.41) is 32.5. The van der Waals surface area contributed by atoms with E-state index in [9.17, 15) is 9.90 Å². The Labute approximate surface area is 350 Å². The fourth-order valence-electron chi connectivity index (χ4n) is 12.8. The highest BCUT2D eigenvalue weighted by atomic mass is 32.1. The lowest BCUT2D eigenvalue weighted by Crippen LogP contribution is -2.64. The molecule has 4 saturated carbocycles. The van der Waals surface area contributed by atoms with Gasteiger partial charge in [-0.25, -0.2) is 14.8 Å².